The third-order valence-corrected chi connectivity index (χ3v) is 7.78. The molecule has 6 rings (SSSR count). The molecule has 1 saturated carbocycles. The van der Waals surface area contributed by atoms with Crippen molar-refractivity contribution >= 4 is 18.4 Å². The van der Waals surface area contributed by atoms with Crippen LogP contribution in [0.4, 0.5) is 4.39 Å². The third kappa shape index (κ3) is 4.72. The van der Waals surface area contributed by atoms with Crippen LogP contribution in [0.5, 0.6) is 0 Å². The standard InChI is InChI=1S/C30H28FN3O3.ClH/c1-16-4-3-5-25(27(16)31)23-9-7-20(12-17(23)2)29-33-28(34-37-29)19-6-10-24-18(13-19)8-11-26(24)32-22-14-21(15-22)30(35)36;/h3-7,9-10,12-13,21-22,26,32H,8,11,14-15H2,1-2H3,(H,35,36);1H. The van der Waals surface area contributed by atoms with Crippen molar-refractivity contribution in [1.29, 1.82) is 0 Å². The first-order valence-electron chi connectivity index (χ1n) is 12.7. The van der Waals surface area contributed by atoms with E-state index < -0.39 is 5.97 Å². The number of rotatable bonds is 6. The second-order valence-electron chi connectivity index (χ2n) is 10.3. The third-order valence-electron chi connectivity index (χ3n) is 7.78. The van der Waals surface area contributed by atoms with E-state index in [2.05, 4.69) is 27.6 Å². The van der Waals surface area contributed by atoms with Crippen LogP contribution in [0, 0.1) is 25.6 Å². The van der Waals surface area contributed by atoms with Crippen molar-refractivity contribution in [3.63, 3.8) is 0 Å². The van der Waals surface area contributed by atoms with Gasteiger partial charge in [0, 0.05) is 28.8 Å². The highest BCUT2D eigenvalue weighted by Gasteiger charge is 2.36. The molecule has 4 aromatic rings. The normalized spacial score (nSPS) is 19.9. The van der Waals surface area contributed by atoms with E-state index in [1.54, 1.807) is 19.1 Å². The summed E-state index contributed by atoms with van der Waals surface area (Å²) in [7, 11) is 0. The molecule has 3 aromatic carbocycles. The Morgan fingerprint density at radius 3 is 2.58 bits per heavy atom. The Hall–Kier alpha value is -3.55. The van der Waals surface area contributed by atoms with Crippen molar-refractivity contribution in [3.05, 3.63) is 82.7 Å². The Morgan fingerprint density at radius 2 is 1.82 bits per heavy atom. The predicted octanol–water partition coefficient (Wildman–Crippen LogP) is 6.69. The van der Waals surface area contributed by atoms with Gasteiger partial charge in [-0.25, -0.2) is 4.39 Å². The van der Waals surface area contributed by atoms with Crippen molar-refractivity contribution in [2.75, 3.05) is 0 Å². The van der Waals surface area contributed by atoms with Gasteiger partial charge < -0.3 is 14.9 Å². The van der Waals surface area contributed by atoms with Gasteiger partial charge in [0.05, 0.1) is 5.92 Å². The Morgan fingerprint density at radius 1 is 1.03 bits per heavy atom. The van der Waals surface area contributed by atoms with E-state index in [-0.39, 0.29) is 36.2 Å². The lowest BCUT2D eigenvalue weighted by Gasteiger charge is -2.35. The molecule has 6 nitrogen and oxygen atoms in total. The molecule has 8 heteroatoms. The molecule has 0 radical (unpaired) electrons. The summed E-state index contributed by atoms with van der Waals surface area (Å²) >= 11 is 0. The summed E-state index contributed by atoms with van der Waals surface area (Å²) in [6.07, 6.45) is 3.35. The molecule has 2 aliphatic rings. The zero-order valence-corrected chi connectivity index (χ0v) is 22.0. The molecule has 1 heterocycles. The zero-order valence-electron chi connectivity index (χ0n) is 21.2. The molecule has 38 heavy (non-hydrogen) atoms. The minimum absolute atomic E-state index is 0. The largest absolute Gasteiger partial charge is 0.481 e. The number of nitrogens with zero attached hydrogens (tertiary/aromatic N) is 2. The summed E-state index contributed by atoms with van der Waals surface area (Å²) in [5.41, 5.74) is 7.19. The van der Waals surface area contributed by atoms with Gasteiger partial charge in [-0.2, -0.15) is 4.98 Å². The van der Waals surface area contributed by atoms with Gasteiger partial charge in [-0.05, 0) is 85.5 Å². The average molecular weight is 534 g/mol. The van der Waals surface area contributed by atoms with Gasteiger partial charge in [-0.3, -0.25) is 4.79 Å². The van der Waals surface area contributed by atoms with Crippen molar-refractivity contribution in [2.45, 2.75) is 51.6 Å². The topological polar surface area (TPSA) is 88.2 Å². The van der Waals surface area contributed by atoms with E-state index in [0.717, 1.165) is 35.1 Å². The summed E-state index contributed by atoms with van der Waals surface area (Å²) < 4.78 is 20.3. The summed E-state index contributed by atoms with van der Waals surface area (Å²) in [5.74, 6) is -0.155. The number of benzene rings is 3. The van der Waals surface area contributed by atoms with E-state index in [9.17, 15) is 9.18 Å². The number of nitrogens with one attached hydrogen (secondary N) is 1. The maximum Gasteiger partial charge on any atom is 0.306 e. The molecule has 2 aliphatic carbocycles. The molecular weight excluding hydrogens is 505 g/mol. The van der Waals surface area contributed by atoms with Crippen LogP contribution in [0.1, 0.15) is 47.6 Å². The quantitative estimate of drug-likeness (QED) is 0.287. The number of hydrogen-bond acceptors (Lipinski definition) is 5. The van der Waals surface area contributed by atoms with Gasteiger partial charge in [0.25, 0.3) is 5.89 Å². The Labute approximate surface area is 226 Å². The molecule has 0 bridgehead atoms. The number of aromatic nitrogens is 2. The summed E-state index contributed by atoms with van der Waals surface area (Å²) in [6.45, 7) is 3.72. The second kappa shape index (κ2) is 10.3. The lowest BCUT2D eigenvalue weighted by molar-refractivity contribution is -0.145. The summed E-state index contributed by atoms with van der Waals surface area (Å²) in [4.78, 5) is 15.7. The van der Waals surface area contributed by atoms with Gasteiger partial charge in [-0.15, -0.1) is 12.4 Å². The maximum absolute atomic E-state index is 14.7. The Balaban J connectivity index is 0.00000294. The second-order valence-corrected chi connectivity index (χ2v) is 10.3. The zero-order chi connectivity index (χ0) is 25.7. The average Bonchev–Trinajstić information content (AvgIpc) is 3.50. The van der Waals surface area contributed by atoms with Crippen molar-refractivity contribution < 1.29 is 18.8 Å². The fourth-order valence-corrected chi connectivity index (χ4v) is 5.58. The molecule has 0 saturated heterocycles. The molecule has 2 N–H and O–H groups in total. The molecule has 0 amide bonds. The molecule has 1 unspecified atom stereocenters. The minimum Gasteiger partial charge on any atom is -0.481 e. The van der Waals surface area contributed by atoms with Crippen LogP contribution in [0.15, 0.2) is 59.1 Å². The lowest BCUT2D eigenvalue weighted by atomic mass is 9.80. The molecule has 1 aromatic heterocycles. The van der Waals surface area contributed by atoms with Gasteiger partial charge in [0.15, 0.2) is 0 Å². The van der Waals surface area contributed by atoms with Gasteiger partial charge >= 0.3 is 5.97 Å². The maximum atomic E-state index is 14.7. The number of carboxylic acid groups (broad SMARTS) is 1. The summed E-state index contributed by atoms with van der Waals surface area (Å²) in [5, 5.41) is 17.0. The molecule has 0 spiro atoms. The SMILES string of the molecule is Cc1cc(-c2nc(-c3ccc4c(c3)CCC4NC3CC(C(=O)O)C3)no2)ccc1-c1cccc(C)c1F.Cl. The monoisotopic (exact) mass is 533 g/mol. The minimum atomic E-state index is -0.694. The van der Waals surface area contributed by atoms with Crippen LogP contribution in [-0.4, -0.2) is 27.3 Å². The smallest absolute Gasteiger partial charge is 0.306 e. The first kappa shape index (κ1) is 26.1. The van der Waals surface area contributed by atoms with E-state index in [1.807, 2.05) is 37.3 Å². The highest BCUT2D eigenvalue weighted by Crippen LogP contribution is 2.37. The van der Waals surface area contributed by atoms with Crippen LogP contribution >= 0.6 is 12.4 Å². The molecule has 0 aliphatic heterocycles. The molecule has 1 atom stereocenters. The number of aliphatic carboxylic acids is 1. The van der Waals surface area contributed by atoms with Crippen LogP contribution < -0.4 is 5.32 Å². The molecule has 1 fully saturated rings. The Kier molecular flexibility index (Phi) is 7.07. The van der Waals surface area contributed by atoms with Crippen LogP contribution in [0.25, 0.3) is 34.0 Å². The van der Waals surface area contributed by atoms with Crippen LogP contribution in [-0.2, 0) is 11.2 Å². The van der Waals surface area contributed by atoms with E-state index in [0.29, 0.717) is 35.7 Å². The molecule has 196 valence electrons. The lowest BCUT2D eigenvalue weighted by Crippen LogP contribution is -2.45. The first-order valence-corrected chi connectivity index (χ1v) is 12.7. The number of aryl methyl sites for hydroxylation is 3. The highest BCUT2D eigenvalue weighted by atomic mass is 35.5. The van der Waals surface area contributed by atoms with Gasteiger partial charge in [-0.1, -0.05) is 41.6 Å². The van der Waals surface area contributed by atoms with Crippen molar-refractivity contribution in [3.8, 4) is 34.0 Å². The van der Waals surface area contributed by atoms with Gasteiger partial charge in [0.1, 0.15) is 5.82 Å². The fourth-order valence-electron chi connectivity index (χ4n) is 5.58. The van der Waals surface area contributed by atoms with Crippen LogP contribution in [0.3, 0.4) is 0 Å². The number of halogens is 2. The van der Waals surface area contributed by atoms with Crippen molar-refractivity contribution in [1.82, 2.24) is 15.5 Å². The fraction of sp³-hybridized carbons (Fsp3) is 0.300. The number of fused-ring (bicyclic) bond motifs is 1. The van der Waals surface area contributed by atoms with E-state index in [4.69, 9.17) is 9.63 Å². The summed E-state index contributed by atoms with van der Waals surface area (Å²) in [6, 6.07) is 17.9. The highest BCUT2D eigenvalue weighted by molar-refractivity contribution is 5.85. The van der Waals surface area contributed by atoms with Gasteiger partial charge in [0.2, 0.25) is 5.82 Å². The molecular formula is C30H29ClFN3O3. The number of carboxylic acids is 1. The first-order chi connectivity index (χ1) is 17.9. The number of carbonyl (C=O) groups is 1. The number of hydrogen-bond donors (Lipinski definition) is 2. The predicted molar refractivity (Wildman–Crippen MR) is 146 cm³/mol. The Bertz CT molecular complexity index is 1510. The van der Waals surface area contributed by atoms with Crippen molar-refractivity contribution in [2.24, 2.45) is 5.92 Å². The van der Waals surface area contributed by atoms with Crippen LogP contribution in [0.2, 0.25) is 0 Å². The van der Waals surface area contributed by atoms with E-state index >= 15 is 0 Å². The van der Waals surface area contributed by atoms with E-state index in [1.165, 1.54) is 11.1 Å².